The number of aromatic amines is 1. The number of carbonyl (C=O) groups is 13. The lowest BCUT2D eigenvalue weighted by Crippen LogP contribution is -2.67. The number of methoxy groups -OCH3 is 1. The van der Waals surface area contributed by atoms with E-state index in [1.165, 1.54) is 36.4 Å². The van der Waals surface area contributed by atoms with Crippen LogP contribution in [0.25, 0.3) is 11.1 Å². The number of carboxylic acids is 2. The number of carboxylic acid groups (broad SMARTS) is 2. The Labute approximate surface area is 605 Å². The van der Waals surface area contributed by atoms with Crippen LogP contribution >= 0.6 is 0 Å². The first-order valence-corrected chi connectivity index (χ1v) is 34.7. The van der Waals surface area contributed by atoms with Gasteiger partial charge >= 0.3 is 11.9 Å². The second-order valence-corrected chi connectivity index (χ2v) is 26.9. The molecule has 12 atom stereocenters. The number of nitrogens with two attached hydrogens (primary N) is 2. The predicted molar refractivity (Wildman–Crippen MR) is 374 cm³/mol. The molecule has 33 nitrogen and oxygen atoms in total. The fourth-order valence-electron chi connectivity index (χ4n) is 12.7. The summed E-state index contributed by atoms with van der Waals surface area (Å²) in [4.78, 5) is 186. The maximum atomic E-state index is 15.5. The summed E-state index contributed by atoms with van der Waals surface area (Å²) in [5.74, 6) is -15.3. The van der Waals surface area contributed by atoms with Crippen LogP contribution in [0.5, 0.6) is 5.75 Å². The van der Waals surface area contributed by atoms with E-state index < -0.39 is 193 Å². The minimum absolute atomic E-state index is 0.0327. The number of ether oxygens (including phenoxy) is 1. The molecule has 0 radical (unpaired) electrons. The van der Waals surface area contributed by atoms with Crippen LogP contribution in [-0.2, 0) is 88.0 Å². The van der Waals surface area contributed by atoms with Gasteiger partial charge in [-0.1, -0.05) is 87.6 Å². The molecule has 1 saturated carbocycles. The van der Waals surface area contributed by atoms with E-state index in [1.54, 1.807) is 43.6 Å². The molecule has 0 unspecified atom stereocenters. The molecule has 572 valence electrons. The van der Waals surface area contributed by atoms with Crippen molar-refractivity contribution in [1.82, 2.24) is 62.7 Å². The molecule has 2 heterocycles. The van der Waals surface area contributed by atoms with Crippen molar-refractivity contribution in [2.24, 2.45) is 17.4 Å². The van der Waals surface area contributed by atoms with Gasteiger partial charge in [0.05, 0.1) is 57.0 Å². The van der Waals surface area contributed by atoms with Gasteiger partial charge in [0.1, 0.15) is 64.9 Å². The first-order valence-electron chi connectivity index (χ1n) is 34.7. The van der Waals surface area contributed by atoms with Gasteiger partial charge in [-0.25, -0.2) is 9.37 Å². The average molecular weight is 1470 g/mol. The number of aliphatic carboxylic acids is 2. The highest BCUT2D eigenvalue weighted by Gasteiger charge is 2.48. The van der Waals surface area contributed by atoms with Crippen molar-refractivity contribution in [3.8, 4) is 16.9 Å². The van der Waals surface area contributed by atoms with Gasteiger partial charge in [-0.15, -0.1) is 0 Å². The van der Waals surface area contributed by atoms with E-state index in [0.717, 1.165) is 75.6 Å². The number of carbonyl (C=O) groups excluding carboxylic acids is 11. The van der Waals surface area contributed by atoms with E-state index in [0.29, 0.717) is 29.8 Å². The Morgan fingerprint density at radius 2 is 1.36 bits per heavy atom. The highest BCUT2D eigenvalue weighted by molar-refractivity contribution is 6.01. The standard InChI is InChI=1S/C71H97FN14O19/c1-7-42-30-46(105-6)22-23-47(42)43-20-18-41(19-21-43)29-52(62(97)78-51(60(74)95)28-40-14-9-8-10-15-40)79-63(98)53(32-57(93)94)80-64(99)54(36-87)81-65(100)58(38(2)88)84-68(103)70(4,33-44-16-11-12-17-48(44)72)85-66(101)59(39(3)89)83-55(90)35-76-61(96)50(24-25-56(91)92)82-69(104)71(5)26-13-27-86(71)67(102)49(73)31-45-34-75-37-77-45/h11-12,16-23,30,34,37-40,49-54,58-59,87-89H,7-10,13-15,24-29,31-33,35-36,73H2,1-6H3,(H2,74,95)(H,75,77)(H,76,96)(H,78,97)(H,79,98)(H,80,99)(H,81,100)(H,82,104)(H,83,90)(H,84,103)(H,85,101)(H,91,92)(H,93,94)/t38-,39-,49+,50+,51+,52+,53+,54+,58+,59+,70+,71+/m1/s1. The number of rotatable bonds is 39. The summed E-state index contributed by atoms with van der Waals surface area (Å²) in [6, 6.07) is 3.88. The van der Waals surface area contributed by atoms with Gasteiger partial charge in [-0.3, -0.25) is 62.3 Å². The molecule has 34 heteroatoms. The van der Waals surface area contributed by atoms with E-state index in [4.69, 9.17) is 16.2 Å². The second kappa shape index (κ2) is 38.9. The molecule has 3 aromatic carbocycles. The van der Waals surface area contributed by atoms with Crippen molar-refractivity contribution in [3.05, 3.63) is 107 Å². The number of halogens is 1. The van der Waals surface area contributed by atoms with Crippen molar-refractivity contribution in [1.29, 1.82) is 0 Å². The van der Waals surface area contributed by atoms with E-state index in [1.807, 2.05) is 19.1 Å². The molecular formula is C71H97FN14O19. The quantitative estimate of drug-likeness (QED) is 0.0241. The van der Waals surface area contributed by atoms with Gasteiger partial charge in [0, 0.05) is 38.4 Å². The average Bonchev–Trinajstić information content (AvgIpc) is 1.73. The number of nitrogens with zero attached hydrogens (tertiary/aromatic N) is 2. The lowest BCUT2D eigenvalue weighted by Gasteiger charge is -2.36. The first-order chi connectivity index (χ1) is 49.7. The number of amides is 11. The van der Waals surface area contributed by atoms with Crippen molar-refractivity contribution in [3.63, 3.8) is 0 Å². The van der Waals surface area contributed by atoms with Crippen molar-refractivity contribution in [2.45, 2.75) is 203 Å². The van der Waals surface area contributed by atoms with Crippen LogP contribution < -0.4 is 64.1 Å². The summed E-state index contributed by atoms with van der Waals surface area (Å²) < 4.78 is 20.9. The highest BCUT2D eigenvalue weighted by Crippen LogP contribution is 2.32. The smallest absolute Gasteiger partial charge is 0.305 e. The number of hydrogen-bond donors (Lipinski definition) is 17. The molecule has 1 aliphatic heterocycles. The van der Waals surface area contributed by atoms with Crippen LogP contribution in [0.3, 0.4) is 0 Å². The number of aliphatic hydroxyl groups excluding tert-OH is 3. The molecule has 19 N–H and O–H groups in total. The van der Waals surface area contributed by atoms with Gasteiger partial charge in [-0.2, -0.15) is 0 Å². The summed E-state index contributed by atoms with van der Waals surface area (Å²) in [6.45, 7) is 4.43. The topological polar surface area (TPSA) is 525 Å². The Hall–Kier alpha value is -10.5. The van der Waals surface area contributed by atoms with Crippen LogP contribution in [0.15, 0.2) is 79.3 Å². The third-order valence-electron chi connectivity index (χ3n) is 18.7. The molecule has 105 heavy (non-hydrogen) atoms. The highest BCUT2D eigenvalue weighted by atomic mass is 19.1. The van der Waals surface area contributed by atoms with E-state index in [2.05, 4.69) is 57.8 Å². The maximum Gasteiger partial charge on any atom is 0.305 e. The number of nitrogens with one attached hydrogen (secondary N) is 10. The Morgan fingerprint density at radius 3 is 1.96 bits per heavy atom. The van der Waals surface area contributed by atoms with Crippen molar-refractivity contribution >= 4 is 76.9 Å². The van der Waals surface area contributed by atoms with Crippen LogP contribution in [0.2, 0.25) is 0 Å². The fraction of sp³-hybridized carbons (Fsp3) is 0.521. The lowest BCUT2D eigenvalue weighted by molar-refractivity contribution is -0.146. The molecule has 0 spiro atoms. The number of likely N-dealkylation sites (tertiary alicyclic amines) is 1. The minimum atomic E-state index is -2.41. The SMILES string of the molecule is CCc1cc(OC)ccc1-c1ccc(C[C@H](NC(=O)[C@H](CC(=O)O)NC(=O)[C@H](CO)NC(=O)[C@@H](NC(=O)[C@](C)(Cc2ccccc2F)NC(=O)[C@@H](NC(=O)CNC(=O)[C@H](CCC(=O)O)NC(=O)[C@]2(C)CCCN2C(=O)[C@@H](N)Cc2c[nH]cn2)[C@@H](C)O)[C@@H](C)O)C(=O)N[C@@H](CC2CCCCC2)C(N)=O)cc1. The van der Waals surface area contributed by atoms with Crippen LogP contribution in [0.4, 0.5) is 4.39 Å². The molecule has 0 bridgehead atoms. The van der Waals surface area contributed by atoms with Gasteiger partial charge in [-0.05, 0) is 112 Å². The molecule has 1 aromatic heterocycles. The number of benzene rings is 3. The zero-order chi connectivity index (χ0) is 77.5. The largest absolute Gasteiger partial charge is 0.497 e. The monoisotopic (exact) mass is 1470 g/mol. The van der Waals surface area contributed by atoms with Gasteiger partial charge < -0.3 is 99.5 Å². The predicted octanol–water partition coefficient (Wildman–Crippen LogP) is -1.54. The summed E-state index contributed by atoms with van der Waals surface area (Å²) >= 11 is 0. The van der Waals surface area contributed by atoms with Crippen molar-refractivity contribution in [2.75, 3.05) is 26.8 Å². The van der Waals surface area contributed by atoms with Crippen LogP contribution in [-0.4, -0.2) is 216 Å². The Morgan fingerprint density at radius 1 is 0.733 bits per heavy atom. The third-order valence-corrected chi connectivity index (χ3v) is 18.7. The molecule has 4 aromatic rings. The molecule has 6 rings (SSSR count). The third kappa shape index (κ3) is 23.8. The number of primary amides is 1. The molecule has 11 amide bonds. The zero-order valence-corrected chi connectivity index (χ0v) is 59.5. The summed E-state index contributed by atoms with van der Waals surface area (Å²) in [7, 11) is 1.55. The Kier molecular flexibility index (Phi) is 30.9. The number of hydrogen-bond acceptors (Lipinski definition) is 19. The van der Waals surface area contributed by atoms with Crippen molar-refractivity contribution < 1.29 is 97.0 Å². The van der Waals surface area contributed by atoms with E-state index in [-0.39, 0.29) is 43.7 Å². The van der Waals surface area contributed by atoms with Crippen LogP contribution in [0.1, 0.15) is 128 Å². The number of H-pyrrole nitrogens is 1. The van der Waals surface area contributed by atoms with Gasteiger partial charge in [0.2, 0.25) is 65.0 Å². The van der Waals surface area contributed by atoms with E-state index >= 15 is 4.39 Å². The van der Waals surface area contributed by atoms with Gasteiger partial charge in [0.15, 0.2) is 0 Å². The molecule has 1 aliphatic carbocycles. The Balaban J connectivity index is 1.16. The van der Waals surface area contributed by atoms with E-state index in [9.17, 15) is 87.9 Å². The minimum Gasteiger partial charge on any atom is -0.497 e. The van der Waals surface area contributed by atoms with Gasteiger partial charge in [0.25, 0.3) is 0 Å². The lowest BCUT2D eigenvalue weighted by atomic mass is 9.84. The molecule has 2 fully saturated rings. The van der Waals surface area contributed by atoms with Crippen LogP contribution in [0, 0.1) is 11.7 Å². The molecule has 2 aliphatic rings. The first kappa shape index (κ1) is 83.5. The number of aryl methyl sites for hydroxylation is 1. The summed E-state index contributed by atoms with van der Waals surface area (Å²) in [6.07, 6.45) is 1.79. The normalized spacial score (nSPS) is 17.8. The zero-order valence-electron chi connectivity index (χ0n) is 59.5. The number of aromatic nitrogens is 2. The Bertz CT molecular complexity index is 3740. The summed E-state index contributed by atoms with van der Waals surface area (Å²) in [5, 5.41) is 73.1. The summed E-state index contributed by atoms with van der Waals surface area (Å²) in [5.41, 5.74) is 11.5. The number of imidazole rings is 1. The maximum absolute atomic E-state index is 15.5. The second-order valence-electron chi connectivity index (χ2n) is 26.9. The molecule has 1 saturated heterocycles. The number of aliphatic hydroxyl groups is 3. The fourth-order valence-corrected chi connectivity index (χ4v) is 12.7. The molecular weight excluding hydrogens is 1370 g/mol.